The molecule has 0 aliphatic heterocycles. The molecule has 0 N–H and O–H groups in total. The number of benzene rings is 1. The van der Waals surface area contributed by atoms with Crippen LogP contribution in [0.4, 0.5) is 0 Å². The number of methoxy groups -OCH3 is 1. The van der Waals surface area contributed by atoms with Crippen LogP contribution in [0.15, 0.2) is 36.4 Å². The number of hydrogen-bond acceptors (Lipinski definition) is 5. The van der Waals surface area contributed by atoms with Crippen molar-refractivity contribution in [3.8, 4) is 11.3 Å². The molecule has 5 nitrogen and oxygen atoms in total. The zero-order valence-corrected chi connectivity index (χ0v) is 12.9. The first-order chi connectivity index (χ1) is 10.6. The van der Waals surface area contributed by atoms with E-state index >= 15 is 0 Å². The Morgan fingerprint density at radius 3 is 2.68 bits per heavy atom. The SMILES string of the molecule is COC(=O)c1cccc(-c2ccc3c(Cl)nc(Cl)nc3n2)c1. The molecule has 2 aromatic heterocycles. The van der Waals surface area contributed by atoms with Gasteiger partial charge in [0.15, 0.2) is 5.65 Å². The molecule has 0 fully saturated rings. The third-order valence-electron chi connectivity index (χ3n) is 3.07. The number of carbonyl (C=O) groups excluding carboxylic acids is 1. The molecule has 7 heteroatoms. The summed E-state index contributed by atoms with van der Waals surface area (Å²) >= 11 is 11.8. The first-order valence-electron chi connectivity index (χ1n) is 6.27. The molecule has 110 valence electrons. The molecule has 0 aliphatic carbocycles. The van der Waals surface area contributed by atoms with Crippen LogP contribution >= 0.6 is 23.2 Å². The molecule has 3 rings (SSSR count). The van der Waals surface area contributed by atoms with E-state index < -0.39 is 5.97 Å². The normalized spacial score (nSPS) is 10.7. The lowest BCUT2D eigenvalue weighted by Crippen LogP contribution is -2.01. The van der Waals surface area contributed by atoms with Crippen LogP contribution in [0, 0.1) is 0 Å². The number of hydrogen-bond donors (Lipinski definition) is 0. The van der Waals surface area contributed by atoms with E-state index in [-0.39, 0.29) is 10.4 Å². The van der Waals surface area contributed by atoms with Crippen LogP contribution in [0.3, 0.4) is 0 Å². The molecule has 2 heterocycles. The average Bonchev–Trinajstić information content (AvgIpc) is 2.53. The number of esters is 1. The van der Waals surface area contributed by atoms with Crippen molar-refractivity contribution in [1.29, 1.82) is 0 Å². The van der Waals surface area contributed by atoms with Gasteiger partial charge in [0, 0.05) is 5.56 Å². The molecular formula is C15H9Cl2N3O2. The average molecular weight is 334 g/mol. The quantitative estimate of drug-likeness (QED) is 0.405. The van der Waals surface area contributed by atoms with E-state index in [1.807, 2.05) is 6.07 Å². The standard InChI is InChI=1S/C15H9Cl2N3O2/c1-22-14(21)9-4-2-3-8(7-9)11-6-5-10-12(16)19-15(17)20-13(10)18-11/h2-7H,1H3. The predicted octanol–water partition coefficient (Wildman–Crippen LogP) is 3.79. The largest absolute Gasteiger partial charge is 0.465 e. The highest BCUT2D eigenvalue weighted by Gasteiger charge is 2.10. The lowest BCUT2D eigenvalue weighted by molar-refractivity contribution is 0.0601. The number of aromatic nitrogens is 3. The second-order valence-electron chi connectivity index (χ2n) is 4.42. The number of halogens is 2. The van der Waals surface area contributed by atoms with Crippen LogP contribution in [0.1, 0.15) is 10.4 Å². The summed E-state index contributed by atoms with van der Waals surface area (Å²) in [6.07, 6.45) is 0. The van der Waals surface area contributed by atoms with Gasteiger partial charge in [-0.3, -0.25) is 0 Å². The van der Waals surface area contributed by atoms with Gasteiger partial charge in [-0.05, 0) is 35.9 Å². The summed E-state index contributed by atoms with van der Waals surface area (Å²) in [6, 6.07) is 10.5. The Labute approximate surface area is 135 Å². The number of pyridine rings is 1. The van der Waals surface area contributed by atoms with Crippen LogP contribution in [0.25, 0.3) is 22.3 Å². The van der Waals surface area contributed by atoms with Crippen LogP contribution in [0.2, 0.25) is 10.4 Å². The van der Waals surface area contributed by atoms with Gasteiger partial charge in [0.25, 0.3) is 0 Å². The minimum absolute atomic E-state index is 0.0328. The fourth-order valence-electron chi connectivity index (χ4n) is 2.03. The van der Waals surface area contributed by atoms with Gasteiger partial charge < -0.3 is 4.74 Å². The molecule has 0 saturated carbocycles. The van der Waals surface area contributed by atoms with Crippen molar-refractivity contribution in [1.82, 2.24) is 15.0 Å². The van der Waals surface area contributed by atoms with Crippen LogP contribution < -0.4 is 0 Å². The Balaban J connectivity index is 2.12. The maximum absolute atomic E-state index is 11.6. The Bertz CT molecular complexity index is 884. The number of ether oxygens (including phenoxy) is 1. The Kier molecular flexibility index (Phi) is 3.92. The van der Waals surface area contributed by atoms with E-state index in [0.29, 0.717) is 22.3 Å². The minimum Gasteiger partial charge on any atom is -0.465 e. The summed E-state index contributed by atoms with van der Waals surface area (Å²) in [5, 5.41) is 0.891. The maximum atomic E-state index is 11.6. The van der Waals surface area contributed by atoms with Gasteiger partial charge in [-0.1, -0.05) is 23.7 Å². The molecule has 0 unspecified atom stereocenters. The second-order valence-corrected chi connectivity index (χ2v) is 5.12. The Morgan fingerprint density at radius 2 is 1.91 bits per heavy atom. The fraction of sp³-hybridized carbons (Fsp3) is 0.0667. The summed E-state index contributed by atoms with van der Waals surface area (Å²) in [5.74, 6) is -0.406. The molecular weight excluding hydrogens is 325 g/mol. The summed E-state index contributed by atoms with van der Waals surface area (Å²) < 4.78 is 4.71. The summed E-state index contributed by atoms with van der Waals surface area (Å²) in [4.78, 5) is 24.0. The van der Waals surface area contributed by atoms with Gasteiger partial charge in [0.2, 0.25) is 5.28 Å². The van der Waals surface area contributed by atoms with Crippen LogP contribution in [0.5, 0.6) is 0 Å². The van der Waals surface area contributed by atoms with E-state index in [0.717, 1.165) is 5.56 Å². The van der Waals surface area contributed by atoms with Gasteiger partial charge in [-0.15, -0.1) is 0 Å². The molecule has 0 aliphatic rings. The number of rotatable bonds is 2. The third-order valence-corrected chi connectivity index (χ3v) is 3.52. The van der Waals surface area contributed by atoms with E-state index in [1.165, 1.54) is 7.11 Å². The molecule has 1 aromatic carbocycles. The highest BCUT2D eigenvalue weighted by molar-refractivity contribution is 6.35. The van der Waals surface area contributed by atoms with Crippen molar-refractivity contribution in [2.45, 2.75) is 0 Å². The van der Waals surface area contributed by atoms with E-state index in [2.05, 4.69) is 15.0 Å². The molecule has 22 heavy (non-hydrogen) atoms. The third kappa shape index (κ3) is 2.73. The first kappa shape index (κ1) is 14.7. The van der Waals surface area contributed by atoms with Gasteiger partial charge in [-0.25, -0.2) is 14.8 Å². The molecule has 0 amide bonds. The second kappa shape index (κ2) is 5.87. The summed E-state index contributed by atoms with van der Waals surface area (Å²) in [5.41, 5.74) is 2.24. The van der Waals surface area contributed by atoms with Crippen molar-refractivity contribution in [2.24, 2.45) is 0 Å². The van der Waals surface area contributed by atoms with Crippen molar-refractivity contribution in [3.05, 3.63) is 52.4 Å². The molecule has 0 spiro atoms. The van der Waals surface area contributed by atoms with E-state index in [4.69, 9.17) is 27.9 Å². The monoisotopic (exact) mass is 333 g/mol. The predicted molar refractivity (Wildman–Crippen MR) is 84.1 cm³/mol. The van der Waals surface area contributed by atoms with Gasteiger partial charge in [0.1, 0.15) is 5.15 Å². The molecule has 3 aromatic rings. The zero-order valence-electron chi connectivity index (χ0n) is 11.4. The topological polar surface area (TPSA) is 65.0 Å². The van der Waals surface area contributed by atoms with Crippen molar-refractivity contribution < 1.29 is 9.53 Å². The molecule has 0 saturated heterocycles. The maximum Gasteiger partial charge on any atom is 0.337 e. The molecule has 0 atom stereocenters. The molecule has 0 radical (unpaired) electrons. The van der Waals surface area contributed by atoms with Gasteiger partial charge >= 0.3 is 5.97 Å². The van der Waals surface area contributed by atoms with Gasteiger partial charge in [-0.2, -0.15) is 4.98 Å². The minimum atomic E-state index is -0.406. The lowest BCUT2D eigenvalue weighted by Gasteiger charge is -2.05. The van der Waals surface area contributed by atoms with Crippen LogP contribution in [-0.2, 0) is 4.74 Å². The van der Waals surface area contributed by atoms with Crippen molar-refractivity contribution in [2.75, 3.05) is 7.11 Å². The first-order valence-corrected chi connectivity index (χ1v) is 7.02. The summed E-state index contributed by atoms with van der Waals surface area (Å²) in [7, 11) is 1.34. The number of fused-ring (bicyclic) bond motifs is 1. The Hall–Kier alpha value is -2.24. The van der Waals surface area contributed by atoms with E-state index in [9.17, 15) is 4.79 Å². The summed E-state index contributed by atoms with van der Waals surface area (Å²) in [6.45, 7) is 0. The number of carbonyl (C=O) groups is 1. The fourth-order valence-corrected chi connectivity index (χ4v) is 2.47. The molecule has 0 bridgehead atoms. The van der Waals surface area contributed by atoms with Crippen molar-refractivity contribution in [3.63, 3.8) is 0 Å². The highest BCUT2D eigenvalue weighted by Crippen LogP contribution is 2.25. The lowest BCUT2D eigenvalue weighted by atomic mass is 10.1. The van der Waals surface area contributed by atoms with Gasteiger partial charge in [0.05, 0.1) is 23.8 Å². The smallest absolute Gasteiger partial charge is 0.337 e. The zero-order chi connectivity index (χ0) is 15.7. The van der Waals surface area contributed by atoms with E-state index in [1.54, 1.807) is 30.3 Å². The number of nitrogens with zero attached hydrogens (tertiary/aromatic N) is 3. The highest BCUT2D eigenvalue weighted by atomic mass is 35.5. The Morgan fingerprint density at radius 1 is 1.09 bits per heavy atom. The van der Waals surface area contributed by atoms with Crippen LogP contribution in [-0.4, -0.2) is 28.0 Å². The van der Waals surface area contributed by atoms with Crippen molar-refractivity contribution >= 4 is 40.2 Å².